The largest absolute Gasteiger partial charge is 0.342 e. The van der Waals surface area contributed by atoms with E-state index < -0.39 is 0 Å². The Kier molecular flexibility index (Phi) is 5.41. The third kappa shape index (κ3) is 4.53. The number of H-pyrrole nitrogens is 1. The van der Waals surface area contributed by atoms with Gasteiger partial charge in [0.1, 0.15) is 11.5 Å². The summed E-state index contributed by atoms with van der Waals surface area (Å²) >= 11 is 0. The molecule has 29 heavy (non-hydrogen) atoms. The van der Waals surface area contributed by atoms with E-state index in [2.05, 4.69) is 19.9 Å². The van der Waals surface area contributed by atoms with Crippen molar-refractivity contribution in [3.8, 4) is 11.5 Å². The summed E-state index contributed by atoms with van der Waals surface area (Å²) in [6.45, 7) is 1.12. The predicted molar refractivity (Wildman–Crippen MR) is 105 cm³/mol. The molecule has 1 aromatic carbocycles. The van der Waals surface area contributed by atoms with Crippen LogP contribution in [0.4, 0.5) is 4.39 Å². The lowest BCUT2D eigenvalue weighted by Gasteiger charge is -2.32. The number of hydrogen-bond donors (Lipinski definition) is 1. The molecule has 0 radical (unpaired) electrons. The summed E-state index contributed by atoms with van der Waals surface area (Å²) in [6, 6.07) is 7.56. The molecule has 1 aliphatic heterocycles. The topological polar surface area (TPSA) is 91.8 Å². The molecule has 3 heterocycles. The summed E-state index contributed by atoms with van der Waals surface area (Å²) in [6.07, 6.45) is 6.43. The maximum atomic E-state index is 13.4. The number of nitrogens with zero attached hydrogens (tertiary/aromatic N) is 4. The van der Waals surface area contributed by atoms with Crippen molar-refractivity contribution in [1.29, 1.82) is 0 Å². The number of rotatable bonds is 4. The predicted octanol–water partition coefficient (Wildman–Crippen LogP) is 2.31. The molecule has 0 spiro atoms. The Balaban J connectivity index is 1.52. The molecule has 0 unspecified atom stereocenters. The highest BCUT2D eigenvalue weighted by Crippen LogP contribution is 2.26. The lowest BCUT2D eigenvalue weighted by Crippen LogP contribution is -2.40. The van der Waals surface area contributed by atoms with E-state index in [0.717, 1.165) is 12.8 Å². The van der Waals surface area contributed by atoms with Crippen LogP contribution in [0, 0.1) is 5.82 Å². The van der Waals surface area contributed by atoms with Gasteiger partial charge in [-0.1, -0.05) is 12.1 Å². The summed E-state index contributed by atoms with van der Waals surface area (Å²) < 4.78 is 13.4. The first-order valence-electron chi connectivity index (χ1n) is 9.48. The smallest absolute Gasteiger partial charge is 0.251 e. The highest BCUT2D eigenvalue weighted by Gasteiger charge is 2.26. The maximum Gasteiger partial charge on any atom is 0.251 e. The Hall–Kier alpha value is -3.42. The van der Waals surface area contributed by atoms with E-state index in [9.17, 15) is 14.0 Å². The molecular weight excluding hydrogens is 373 g/mol. The number of carbonyl (C=O) groups excluding carboxylic acids is 1. The average molecular weight is 393 g/mol. The first kappa shape index (κ1) is 18.9. The summed E-state index contributed by atoms with van der Waals surface area (Å²) in [5, 5.41) is 0. The zero-order valence-corrected chi connectivity index (χ0v) is 15.7. The molecule has 148 valence electrons. The van der Waals surface area contributed by atoms with Gasteiger partial charge in [0.25, 0.3) is 5.56 Å². The van der Waals surface area contributed by atoms with E-state index >= 15 is 0 Å². The van der Waals surface area contributed by atoms with E-state index in [4.69, 9.17) is 0 Å². The zero-order valence-electron chi connectivity index (χ0n) is 15.7. The number of likely N-dealkylation sites (tertiary alicyclic amines) is 1. The van der Waals surface area contributed by atoms with Crippen LogP contribution in [0.15, 0.2) is 53.7 Å². The van der Waals surface area contributed by atoms with Crippen molar-refractivity contribution in [3.05, 3.63) is 76.4 Å². The van der Waals surface area contributed by atoms with Gasteiger partial charge in [-0.3, -0.25) is 14.6 Å². The number of aromatic amines is 1. The molecule has 2 aromatic heterocycles. The van der Waals surface area contributed by atoms with Crippen LogP contribution >= 0.6 is 0 Å². The Morgan fingerprint density at radius 2 is 2.17 bits per heavy atom. The van der Waals surface area contributed by atoms with Crippen LogP contribution in [-0.4, -0.2) is 43.8 Å². The molecule has 7 nitrogen and oxygen atoms in total. The summed E-state index contributed by atoms with van der Waals surface area (Å²) in [7, 11) is 0. The summed E-state index contributed by atoms with van der Waals surface area (Å²) in [5.41, 5.74) is 1.51. The summed E-state index contributed by atoms with van der Waals surface area (Å²) in [4.78, 5) is 42.1. The highest BCUT2D eigenvalue weighted by molar-refractivity contribution is 5.79. The lowest BCUT2D eigenvalue weighted by molar-refractivity contribution is -0.131. The lowest BCUT2D eigenvalue weighted by atomic mass is 9.94. The van der Waals surface area contributed by atoms with E-state index in [1.165, 1.54) is 30.6 Å². The SMILES string of the molecule is O=C(Cc1cccc(F)c1)N1CCC[C@H](c2cc(=O)[nH]c(-c3cnccn3)n2)C1. The minimum atomic E-state index is -0.351. The van der Waals surface area contributed by atoms with Gasteiger partial charge < -0.3 is 9.88 Å². The van der Waals surface area contributed by atoms with Crippen LogP contribution < -0.4 is 5.56 Å². The van der Waals surface area contributed by atoms with Gasteiger partial charge in [-0.15, -0.1) is 0 Å². The molecule has 1 atom stereocenters. The van der Waals surface area contributed by atoms with Gasteiger partial charge >= 0.3 is 0 Å². The Bertz CT molecular complexity index is 1070. The van der Waals surface area contributed by atoms with Gasteiger partial charge in [0.05, 0.1) is 18.3 Å². The Morgan fingerprint density at radius 1 is 1.28 bits per heavy atom. The number of halogens is 1. The molecule has 1 aliphatic rings. The molecule has 0 bridgehead atoms. The normalized spacial score (nSPS) is 16.6. The van der Waals surface area contributed by atoms with Gasteiger partial charge in [0, 0.05) is 37.5 Å². The standard InChI is InChI=1S/C21H20FN5O2/c22-16-5-1-3-14(9-16)10-20(29)27-8-2-4-15(13-27)17-11-19(28)26-21(25-17)18-12-23-6-7-24-18/h1,3,5-7,9,11-12,15H,2,4,8,10,13H2,(H,25,26,28)/t15-/m0/s1. The quantitative estimate of drug-likeness (QED) is 0.734. The fourth-order valence-electron chi connectivity index (χ4n) is 3.61. The molecular formula is C21H20FN5O2. The molecule has 3 aromatic rings. The van der Waals surface area contributed by atoms with Crippen LogP contribution in [0.1, 0.15) is 30.0 Å². The van der Waals surface area contributed by atoms with Crippen molar-refractivity contribution in [1.82, 2.24) is 24.8 Å². The number of amides is 1. The molecule has 4 rings (SSSR count). The molecule has 1 amide bonds. The number of aromatic nitrogens is 4. The van der Waals surface area contributed by atoms with Gasteiger partial charge in [0.2, 0.25) is 5.91 Å². The molecule has 1 N–H and O–H groups in total. The first-order chi connectivity index (χ1) is 14.1. The zero-order chi connectivity index (χ0) is 20.2. The maximum absolute atomic E-state index is 13.4. The van der Waals surface area contributed by atoms with Gasteiger partial charge in [-0.2, -0.15) is 0 Å². The second kappa shape index (κ2) is 8.30. The molecule has 1 saturated heterocycles. The number of carbonyl (C=O) groups is 1. The van der Waals surface area contributed by atoms with Gasteiger partial charge in [-0.05, 0) is 30.5 Å². The minimum absolute atomic E-state index is 0.0436. The first-order valence-corrected chi connectivity index (χ1v) is 9.48. The van der Waals surface area contributed by atoms with E-state index in [1.54, 1.807) is 23.2 Å². The number of nitrogens with one attached hydrogen (secondary N) is 1. The summed E-state index contributed by atoms with van der Waals surface area (Å²) in [5.74, 6) is -0.0860. The van der Waals surface area contributed by atoms with Crippen molar-refractivity contribution >= 4 is 5.91 Å². The third-order valence-corrected chi connectivity index (χ3v) is 5.00. The minimum Gasteiger partial charge on any atom is -0.342 e. The second-order valence-electron chi connectivity index (χ2n) is 7.10. The van der Waals surface area contributed by atoms with Crippen molar-refractivity contribution < 1.29 is 9.18 Å². The van der Waals surface area contributed by atoms with Crippen molar-refractivity contribution in [2.75, 3.05) is 13.1 Å². The van der Waals surface area contributed by atoms with E-state index in [1.807, 2.05) is 0 Å². The highest BCUT2D eigenvalue weighted by atomic mass is 19.1. The van der Waals surface area contributed by atoms with Gasteiger partial charge in [-0.25, -0.2) is 14.4 Å². The Morgan fingerprint density at radius 3 is 2.97 bits per heavy atom. The van der Waals surface area contributed by atoms with Crippen LogP contribution in [0.25, 0.3) is 11.5 Å². The average Bonchev–Trinajstić information content (AvgIpc) is 2.74. The molecule has 0 aliphatic carbocycles. The molecule has 8 heteroatoms. The fraction of sp³-hybridized carbons (Fsp3) is 0.286. The van der Waals surface area contributed by atoms with Crippen molar-refractivity contribution in [2.24, 2.45) is 0 Å². The van der Waals surface area contributed by atoms with E-state index in [-0.39, 0.29) is 29.6 Å². The van der Waals surface area contributed by atoms with Gasteiger partial charge in [0.15, 0.2) is 5.82 Å². The third-order valence-electron chi connectivity index (χ3n) is 5.00. The Labute approximate surface area is 166 Å². The van der Waals surface area contributed by atoms with Crippen LogP contribution in [0.2, 0.25) is 0 Å². The fourth-order valence-corrected chi connectivity index (χ4v) is 3.61. The number of benzene rings is 1. The van der Waals surface area contributed by atoms with Crippen molar-refractivity contribution in [2.45, 2.75) is 25.2 Å². The van der Waals surface area contributed by atoms with Crippen molar-refractivity contribution in [3.63, 3.8) is 0 Å². The molecule has 0 saturated carbocycles. The number of hydrogen-bond acceptors (Lipinski definition) is 5. The second-order valence-corrected chi connectivity index (χ2v) is 7.10. The molecule has 1 fully saturated rings. The monoisotopic (exact) mass is 393 g/mol. The van der Waals surface area contributed by atoms with Crippen LogP contribution in [0.5, 0.6) is 0 Å². The van der Waals surface area contributed by atoms with E-state index in [0.29, 0.717) is 35.9 Å². The number of piperidine rings is 1. The van der Waals surface area contributed by atoms with Crippen LogP contribution in [-0.2, 0) is 11.2 Å². The van der Waals surface area contributed by atoms with Crippen LogP contribution in [0.3, 0.4) is 0 Å².